The monoisotopic (exact) mass is 244 g/mol. The van der Waals surface area contributed by atoms with Gasteiger partial charge < -0.3 is 14.7 Å². The van der Waals surface area contributed by atoms with Gasteiger partial charge in [0.15, 0.2) is 0 Å². The molecule has 1 saturated heterocycles. The maximum Gasteiger partial charge on any atom is 0.0739 e. The van der Waals surface area contributed by atoms with Crippen LogP contribution in [-0.4, -0.2) is 74.0 Å². The van der Waals surface area contributed by atoms with Crippen molar-refractivity contribution < 1.29 is 9.84 Å². The first-order chi connectivity index (χ1) is 8.00. The molecule has 0 aromatic rings. The van der Waals surface area contributed by atoms with Crippen molar-refractivity contribution in [2.24, 2.45) is 5.92 Å². The number of nitrogens with zero attached hydrogens (tertiary/aromatic N) is 2. The Labute approximate surface area is 106 Å². The average molecular weight is 244 g/mol. The van der Waals surface area contributed by atoms with Gasteiger partial charge in [-0.2, -0.15) is 0 Å². The highest BCUT2D eigenvalue weighted by atomic mass is 16.5. The van der Waals surface area contributed by atoms with E-state index in [0.29, 0.717) is 19.1 Å². The van der Waals surface area contributed by atoms with Gasteiger partial charge in [-0.05, 0) is 26.4 Å². The van der Waals surface area contributed by atoms with Crippen LogP contribution in [0.4, 0.5) is 0 Å². The average Bonchev–Trinajstić information content (AvgIpc) is 2.24. The van der Waals surface area contributed by atoms with Crippen LogP contribution in [0.2, 0.25) is 0 Å². The van der Waals surface area contributed by atoms with Gasteiger partial charge in [-0.1, -0.05) is 13.8 Å². The Morgan fingerprint density at radius 3 is 2.53 bits per heavy atom. The third-order valence-corrected chi connectivity index (χ3v) is 3.19. The van der Waals surface area contributed by atoms with Gasteiger partial charge in [-0.15, -0.1) is 0 Å². The summed E-state index contributed by atoms with van der Waals surface area (Å²) in [4.78, 5) is 4.57. The van der Waals surface area contributed by atoms with Gasteiger partial charge in [0.05, 0.1) is 18.8 Å². The highest BCUT2D eigenvalue weighted by Gasteiger charge is 2.29. The molecule has 0 aliphatic carbocycles. The lowest BCUT2D eigenvalue weighted by molar-refractivity contribution is -0.0648. The SMILES string of the molecule is CC(C)CN(CCN(C)C)C1COCCC1O. The summed E-state index contributed by atoms with van der Waals surface area (Å²) in [5.74, 6) is 0.617. The maximum atomic E-state index is 10.1. The largest absolute Gasteiger partial charge is 0.391 e. The molecule has 1 rings (SSSR count). The Kier molecular flexibility index (Phi) is 6.41. The van der Waals surface area contributed by atoms with Gasteiger partial charge in [0.25, 0.3) is 0 Å². The minimum atomic E-state index is -0.232. The van der Waals surface area contributed by atoms with Crippen molar-refractivity contribution in [3.8, 4) is 0 Å². The van der Waals surface area contributed by atoms with E-state index in [4.69, 9.17) is 4.74 Å². The molecule has 0 amide bonds. The Balaban J connectivity index is 2.53. The van der Waals surface area contributed by atoms with E-state index >= 15 is 0 Å². The van der Waals surface area contributed by atoms with Crippen molar-refractivity contribution in [3.05, 3.63) is 0 Å². The summed E-state index contributed by atoms with van der Waals surface area (Å²) < 4.78 is 5.51. The first-order valence-corrected chi connectivity index (χ1v) is 6.65. The normalized spacial score (nSPS) is 26.1. The zero-order valence-corrected chi connectivity index (χ0v) is 11.7. The van der Waals surface area contributed by atoms with Crippen LogP contribution in [0.1, 0.15) is 20.3 Å². The Morgan fingerprint density at radius 2 is 2.00 bits per heavy atom. The molecule has 0 spiro atoms. The molecule has 4 nitrogen and oxygen atoms in total. The third-order valence-electron chi connectivity index (χ3n) is 3.19. The number of aliphatic hydroxyl groups excluding tert-OH is 1. The number of ether oxygens (including phenoxy) is 1. The number of hydrogen-bond acceptors (Lipinski definition) is 4. The van der Waals surface area contributed by atoms with Crippen molar-refractivity contribution >= 4 is 0 Å². The van der Waals surface area contributed by atoms with Gasteiger partial charge in [0, 0.05) is 26.2 Å². The van der Waals surface area contributed by atoms with Crippen molar-refractivity contribution in [1.29, 1.82) is 0 Å². The Bertz CT molecular complexity index is 210. The van der Waals surface area contributed by atoms with E-state index in [-0.39, 0.29) is 12.1 Å². The van der Waals surface area contributed by atoms with Crippen molar-refractivity contribution in [2.45, 2.75) is 32.4 Å². The summed E-state index contributed by atoms with van der Waals surface area (Å²) >= 11 is 0. The van der Waals surface area contributed by atoms with E-state index < -0.39 is 0 Å². The summed E-state index contributed by atoms with van der Waals surface area (Å²) in [6, 6.07) is 0.172. The van der Waals surface area contributed by atoms with E-state index in [9.17, 15) is 5.11 Å². The molecular formula is C13H28N2O2. The molecule has 1 fully saturated rings. The highest BCUT2D eigenvalue weighted by Crippen LogP contribution is 2.15. The summed E-state index contributed by atoms with van der Waals surface area (Å²) in [7, 11) is 4.17. The number of rotatable bonds is 6. The van der Waals surface area contributed by atoms with Gasteiger partial charge in [0.2, 0.25) is 0 Å². The van der Waals surface area contributed by atoms with Crippen LogP contribution in [0.15, 0.2) is 0 Å². The summed E-state index contributed by atoms with van der Waals surface area (Å²) in [5, 5.41) is 10.1. The molecule has 0 bridgehead atoms. The fraction of sp³-hybridized carbons (Fsp3) is 1.00. The van der Waals surface area contributed by atoms with Crippen molar-refractivity contribution in [3.63, 3.8) is 0 Å². The molecule has 1 N–H and O–H groups in total. The molecule has 0 saturated carbocycles. The van der Waals surface area contributed by atoms with Crippen LogP contribution in [0.3, 0.4) is 0 Å². The van der Waals surface area contributed by atoms with Crippen molar-refractivity contribution in [1.82, 2.24) is 9.80 Å². The minimum absolute atomic E-state index is 0.172. The van der Waals surface area contributed by atoms with Gasteiger partial charge in [-0.25, -0.2) is 0 Å². The smallest absolute Gasteiger partial charge is 0.0739 e. The van der Waals surface area contributed by atoms with Crippen LogP contribution in [0.5, 0.6) is 0 Å². The molecule has 0 aromatic heterocycles. The zero-order chi connectivity index (χ0) is 12.8. The standard InChI is InChI=1S/C13H28N2O2/c1-11(2)9-15(7-6-14(3)4)12-10-17-8-5-13(12)16/h11-13,16H,5-10H2,1-4H3. The second-order valence-electron chi connectivity index (χ2n) is 5.69. The molecule has 2 unspecified atom stereocenters. The molecule has 1 aliphatic heterocycles. The summed E-state index contributed by atoms with van der Waals surface area (Å²) in [6.45, 7) is 8.85. The predicted molar refractivity (Wildman–Crippen MR) is 70.2 cm³/mol. The van der Waals surface area contributed by atoms with E-state index in [0.717, 1.165) is 26.1 Å². The maximum absolute atomic E-state index is 10.1. The van der Waals surface area contributed by atoms with E-state index in [1.807, 2.05) is 0 Å². The summed E-state index contributed by atoms with van der Waals surface area (Å²) in [6.07, 6.45) is 0.533. The highest BCUT2D eigenvalue weighted by molar-refractivity contribution is 4.82. The fourth-order valence-electron chi connectivity index (χ4n) is 2.25. The Morgan fingerprint density at radius 1 is 1.29 bits per heavy atom. The van der Waals surface area contributed by atoms with Gasteiger partial charge >= 0.3 is 0 Å². The first kappa shape index (κ1) is 14.9. The Hall–Kier alpha value is -0.160. The predicted octanol–water partition coefficient (Wildman–Crippen LogP) is 0.656. The molecule has 0 radical (unpaired) electrons. The molecule has 1 aliphatic rings. The lowest BCUT2D eigenvalue weighted by Gasteiger charge is -2.38. The van der Waals surface area contributed by atoms with Gasteiger partial charge in [0.1, 0.15) is 0 Å². The lowest BCUT2D eigenvalue weighted by atomic mass is 10.0. The second kappa shape index (κ2) is 7.31. The number of hydrogen-bond donors (Lipinski definition) is 1. The molecule has 2 atom stereocenters. The minimum Gasteiger partial charge on any atom is -0.391 e. The zero-order valence-electron chi connectivity index (χ0n) is 11.7. The topological polar surface area (TPSA) is 35.9 Å². The van der Waals surface area contributed by atoms with Crippen LogP contribution in [0.25, 0.3) is 0 Å². The van der Waals surface area contributed by atoms with Crippen LogP contribution < -0.4 is 0 Å². The molecule has 17 heavy (non-hydrogen) atoms. The van der Waals surface area contributed by atoms with Crippen LogP contribution >= 0.6 is 0 Å². The van der Waals surface area contributed by atoms with Gasteiger partial charge in [-0.3, -0.25) is 4.90 Å². The van der Waals surface area contributed by atoms with E-state index in [1.54, 1.807) is 0 Å². The number of aliphatic hydroxyl groups is 1. The molecule has 0 aromatic carbocycles. The lowest BCUT2D eigenvalue weighted by Crippen LogP contribution is -2.52. The molecule has 102 valence electrons. The summed E-state index contributed by atoms with van der Waals surface area (Å²) in [5.41, 5.74) is 0. The second-order valence-corrected chi connectivity index (χ2v) is 5.69. The van der Waals surface area contributed by atoms with Crippen molar-refractivity contribution in [2.75, 3.05) is 46.9 Å². The number of likely N-dealkylation sites (N-methyl/N-ethyl adjacent to an activating group) is 1. The molecular weight excluding hydrogens is 216 g/mol. The van der Waals surface area contributed by atoms with Crippen LogP contribution in [0, 0.1) is 5.92 Å². The molecule has 4 heteroatoms. The van der Waals surface area contributed by atoms with E-state index in [2.05, 4.69) is 37.7 Å². The molecule has 1 heterocycles. The van der Waals surface area contributed by atoms with Crippen LogP contribution in [-0.2, 0) is 4.74 Å². The first-order valence-electron chi connectivity index (χ1n) is 6.65. The van der Waals surface area contributed by atoms with E-state index in [1.165, 1.54) is 0 Å². The fourth-order valence-corrected chi connectivity index (χ4v) is 2.25. The quantitative estimate of drug-likeness (QED) is 0.744. The third kappa shape index (κ3) is 5.34.